The van der Waals surface area contributed by atoms with Crippen molar-refractivity contribution in [1.29, 1.82) is 0 Å². The van der Waals surface area contributed by atoms with Gasteiger partial charge in [0, 0.05) is 19.3 Å². The summed E-state index contributed by atoms with van der Waals surface area (Å²) in [4.78, 5) is 0. The summed E-state index contributed by atoms with van der Waals surface area (Å²) in [6.45, 7) is 9.56. The summed E-state index contributed by atoms with van der Waals surface area (Å²) in [7, 11) is 0. The van der Waals surface area contributed by atoms with Crippen molar-refractivity contribution in [3.63, 3.8) is 0 Å². The van der Waals surface area contributed by atoms with Gasteiger partial charge in [0.2, 0.25) is 0 Å². The van der Waals surface area contributed by atoms with Crippen LogP contribution in [0.3, 0.4) is 0 Å². The Kier molecular flexibility index (Phi) is 4.22. The highest BCUT2D eigenvalue weighted by Crippen LogP contribution is 2.50. The molecule has 2 aliphatic carbocycles. The summed E-state index contributed by atoms with van der Waals surface area (Å²) in [5.74, 6) is 4.35. The molecule has 3 unspecified atom stereocenters. The van der Waals surface area contributed by atoms with Crippen molar-refractivity contribution in [2.45, 2.75) is 72.6 Å². The van der Waals surface area contributed by atoms with E-state index in [1.165, 1.54) is 44.9 Å². The maximum absolute atomic E-state index is 2.47. The second-order valence-electron chi connectivity index (χ2n) is 6.38. The molecule has 96 valence electrons. The number of unbranched alkanes of at least 4 members (excludes halogenated alkanes) is 1. The predicted octanol–water partition coefficient (Wildman–Crippen LogP) is 5.54. The summed E-state index contributed by atoms with van der Waals surface area (Å²) in [5.41, 5.74) is 3.59. The van der Waals surface area contributed by atoms with Crippen molar-refractivity contribution in [3.8, 4) is 0 Å². The van der Waals surface area contributed by atoms with E-state index in [4.69, 9.17) is 0 Å². The first-order valence-corrected chi connectivity index (χ1v) is 7.71. The third-order valence-electron chi connectivity index (χ3n) is 5.16. The lowest BCUT2D eigenvalue weighted by molar-refractivity contribution is 0.319. The van der Waals surface area contributed by atoms with Crippen molar-refractivity contribution in [3.05, 3.63) is 17.1 Å². The van der Waals surface area contributed by atoms with Crippen LogP contribution in [0.4, 0.5) is 0 Å². The van der Waals surface area contributed by atoms with Crippen LogP contribution in [-0.4, -0.2) is 0 Å². The topological polar surface area (TPSA) is 0 Å². The Morgan fingerprint density at radius 2 is 2.06 bits per heavy atom. The van der Waals surface area contributed by atoms with Crippen LogP contribution in [0.25, 0.3) is 0 Å². The zero-order chi connectivity index (χ0) is 12.4. The van der Waals surface area contributed by atoms with Crippen LogP contribution in [0.2, 0.25) is 0 Å². The highest BCUT2D eigenvalue weighted by Gasteiger charge is 2.48. The van der Waals surface area contributed by atoms with Crippen LogP contribution in [0.15, 0.2) is 11.1 Å². The summed E-state index contributed by atoms with van der Waals surface area (Å²) in [5, 5.41) is 0. The largest absolute Gasteiger partial charge is 0.128 e. The highest BCUT2D eigenvalue weighted by atomic mass is 14.4. The number of hydrogen-bond donors (Lipinski definition) is 0. The number of hydrogen-bond acceptors (Lipinski definition) is 0. The lowest BCUT2D eigenvalue weighted by atomic mass is 9.61. The van der Waals surface area contributed by atoms with Gasteiger partial charge in [-0.2, -0.15) is 0 Å². The molecular formula is C17H29+. The lowest BCUT2D eigenvalue weighted by Gasteiger charge is -2.34. The maximum Gasteiger partial charge on any atom is 0.128 e. The molecule has 0 amide bonds. The molecule has 0 saturated carbocycles. The van der Waals surface area contributed by atoms with Crippen molar-refractivity contribution >= 4 is 0 Å². The maximum atomic E-state index is 2.47. The first kappa shape index (κ1) is 13.1. The fraction of sp³-hybridized carbons (Fsp3) is 0.824. The molecule has 0 fully saturated rings. The van der Waals surface area contributed by atoms with Crippen LogP contribution in [-0.2, 0) is 0 Å². The van der Waals surface area contributed by atoms with Crippen LogP contribution in [0, 0.1) is 23.7 Å². The minimum absolute atomic E-state index is 0.796. The Labute approximate surface area is 108 Å². The van der Waals surface area contributed by atoms with Gasteiger partial charge in [-0.1, -0.05) is 26.2 Å². The van der Waals surface area contributed by atoms with E-state index in [-0.39, 0.29) is 0 Å². The second kappa shape index (κ2) is 5.50. The van der Waals surface area contributed by atoms with Gasteiger partial charge in [-0.25, -0.2) is 0 Å². The molecule has 0 nitrogen and oxygen atoms in total. The monoisotopic (exact) mass is 233 g/mol. The molecule has 0 saturated heterocycles. The van der Waals surface area contributed by atoms with Crippen molar-refractivity contribution in [2.75, 3.05) is 0 Å². The zero-order valence-electron chi connectivity index (χ0n) is 12.2. The number of allylic oxidation sites excluding steroid dienone is 2. The Morgan fingerprint density at radius 3 is 2.76 bits per heavy atom. The minimum atomic E-state index is 0.796. The summed E-state index contributed by atoms with van der Waals surface area (Å²) >= 11 is 0. The average Bonchev–Trinajstić information content (AvgIpc) is 2.31. The van der Waals surface area contributed by atoms with Gasteiger partial charge < -0.3 is 0 Å². The standard InChI is InChI=1S/C17H29/c1-5-6-8-15-9-7-10-16-13(3)14(4)17(16)12(2)11-15/h12,14-15H,5-11H2,1-4H3/q+1. The van der Waals surface area contributed by atoms with Gasteiger partial charge in [-0.05, 0) is 39.0 Å². The zero-order valence-corrected chi connectivity index (χ0v) is 12.2. The predicted molar refractivity (Wildman–Crippen MR) is 75.8 cm³/mol. The Morgan fingerprint density at radius 1 is 1.29 bits per heavy atom. The van der Waals surface area contributed by atoms with Gasteiger partial charge in [0.1, 0.15) is 11.5 Å². The average molecular weight is 233 g/mol. The van der Waals surface area contributed by atoms with Crippen molar-refractivity contribution in [2.24, 2.45) is 17.8 Å². The molecule has 3 atom stereocenters. The van der Waals surface area contributed by atoms with Crippen LogP contribution in [0.1, 0.15) is 72.6 Å². The van der Waals surface area contributed by atoms with Gasteiger partial charge in [-0.3, -0.25) is 0 Å². The molecule has 0 aromatic carbocycles. The molecule has 0 aromatic heterocycles. The highest BCUT2D eigenvalue weighted by molar-refractivity contribution is 5.46. The lowest BCUT2D eigenvalue weighted by Crippen LogP contribution is -2.31. The Hall–Kier alpha value is -0.390. The van der Waals surface area contributed by atoms with E-state index >= 15 is 0 Å². The van der Waals surface area contributed by atoms with Gasteiger partial charge in [0.15, 0.2) is 0 Å². The molecule has 0 heteroatoms. The number of rotatable bonds is 3. The molecule has 0 heterocycles. The third kappa shape index (κ3) is 2.56. The molecule has 0 aliphatic heterocycles. The SMILES string of the molecule is CCCCC1CCCC2=C(C(C)C1)C(C)[C+]2C. The van der Waals surface area contributed by atoms with E-state index in [9.17, 15) is 0 Å². The minimum Gasteiger partial charge on any atom is -0.0654 e. The van der Waals surface area contributed by atoms with E-state index in [0.717, 1.165) is 17.8 Å². The van der Waals surface area contributed by atoms with E-state index in [1.807, 2.05) is 5.57 Å². The molecular weight excluding hydrogens is 204 g/mol. The Bertz CT molecular complexity index is 286. The van der Waals surface area contributed by atoms with Crippen LogP contribution < -0.4 is 0 Å². The van der Waals surface area contributed by atoms with Crippen LogP contribution in [0.5, 0.6) is 0 Å². The fourth-order valence-electron chi connectivity index (χ4n) is 4.04. The molecule has 0 spiro atoms. The van der Waals surface area contributed by atoms with Gasteiger partial charge >= 0.3 is 0 Å². The first-order chi connectivity index (χ1) is 8.15. The summed E-state index contributed by atoms with van der Waals surface area (Å²) in [6.07, 6.45) is 10.0. The summed E-state index contributed by atoms with van der Waals surface area (Å²) < 4.78 is 0. The summed E-state index contributed by atoms with van der Waals surface area (Å²) in [6, 6.07) is 0. The van der Waals surface area contributed by atoms with E-state index < -0.39 is 0 Å². The van der Waals surface area contributed by atoms with Gasteiger partial charge in [-0.15, -0.1) is 0 Å². The van der Waals surface area contributed by atoms with Crippen molar-refractivity contribution in [1.82, 2.24) is 0 Å². The van der Waals surface area contributed by atoms with Gasteiger partial charge in [0.25, 0.3) is 0 Å². The Balaban J connectivity index is 2.01. The molecule has 0 radical (unpaired) electrons. The van der Waals surface area contributed by atoms with Crippen molar-refractivity contribution < 1.29 is 0 Å². The molecule has 0 aromatic rings. The second-order valence-corrected chi connectivity index (χ2v) is 6.38. The fourth-order valence-corrected chi connectivity index (χ4v) is 4.04. The smallest absolute Gasteiger partial charge is 0.0654 e. The molecule has 0 N–H and O–H groups in total. The molecule has 0 bridgehead atoms. The van der Waals surface area contributed by atoms with Crippen LogP contribution >= 0.6 is 0 Å². The van der Waals surface area contributed by atoms with Gasteiger partial charge in [0.05, 0.1) is 11.5 Å². The van der Waals surface area contributed by atoms with E-state index in [1.54, 1.807) is 11.5 Å². The third-order valence-corrected chi connectivity index (χ3v) is 5.16. The van der Waals surface area contributed by atoms with E-state index in [2.05, 4.69) is 27.7 Å². The molecule has 2 aliphatic rings. The molecule has 2 rings (SSSR count). The van der Waals surface area contributed by atoms with E-state index in [0.29, 0.717) is 0 Å². The normalized spacial score (nSPS) is 33.9. The molecule has 17 heavy (non-hydrogen) atoms. The first-order valence-electron chi connectivity index (χ1n) is 7.71. The quantitative estimate of drug-likeness (QED) is 0.561.